The minimum absolute atomic E-state index is 0.00918. The van der Waals surface area contributed by atoms with Crippen LogP contribution in [0.25, 0.3) is 5.69 Å². The van der Waals surface area contributed by atoms with Gasteiger partial charge in [0.2, 0.25) is 0 Å². The molecule has 1 amide bonds. The molecule has 0 bridgehead atoms. The van der Waals surface area contributed by atoms with Gasteiger partial charge in [0.05, 0.1) is 15.6 Å². The van der Waals surface area contributed by atoms with Crippen molar-refractivity contribution in [3.8, 4) is 5.69 Å². The predicted molar refractivity (Wildman–Crippen MR) is 99.7 cm³/mol. The molecule has 3 aromatic rings. The molecule has 1 aliphatic rings. The highest BCUT2D eigenvalue weighted by Crippen LogP contribution is 2.23. The van der Waals surface area contributed by atoms with Crippen molar-refractivity contribution in [2.75, 3.05) is 26.2 Å². The quantitative estimate of drug-likeness (QED) is 0.686. The Balaban J connectivity index is 1.43. The first kappa shape index (κ1) is 17.1. The second-order valence-electron chi connectivity index (χ2n) is 6.05. The average molecular weight is 389 g/mol. The van der Waals surface area contributed by atoms with Crippen molar-refractivity contribution in [3.05, 3.63) is 57.5 Å². The van der Waals surface area contributed by atoms with Gasteiger partial charge in [-0.2, -0.15) is 4.68 Å². The van der Waals surface area contributed by atoms with Crippen LogP contribution in [0.15, 0.2) is 42.7 Å². The van der Waals surface area contributed by atoms with Gasteiger partial charge in [-0.3, -0.25) is 9.69 Å². The molecule has 2 aromatic heterocycles. The van der Waals surface area contributed by atoms with E-state index in [9.17, 15) is 4.79 Å². The number of tetrazole rings is 1. The summed E-state index contributed by atoms with van der Waals surface area (Å²) in [5.74, 6) is 0.00918. The maximum absolute atomic E-state index is 13.0. The van der Waals surface area contributed by atoms with Crippen LogP contribution in [-0.4, -0.2) is 62.1 Å². The number of benzene rings is 1. The first-order valence-electron chi connectivity index (χ1n) is 8.29. The standard InChI is InChI=1S/C17H17ClN6OS/c18-16-6-5-13(26-16)11-22-7-9-23(10-8-22)17(25)14-3-1-2-4-15(14)24-12-19-20-21-24/h1-6,12H,7-11H2. The molecule has 1 aromatic carbocycles. The summed E-state index contributed by atoms with van der Waals surface area (Å²) in [5, 5.41) is 11.2. The molecule has 0 saturated carbocycles. The lowest BCUT2D eigenvalue weighted by Gasteiger charge is -2.34. The highest BCUT2D eigenvalue weighted by atomic mass is 35.5. The molecule has 0 aliphatic carbocycles. The highest BCUT2D eigenvalue weighted by Gasteiger charge is 2.24. The molecule has 1 aliphatic heterocycles. The van der Waals surface area contributed by atoms with Crippen molar-refractivity contribution in [3.63, 3.8) is 0 Å². The molecular formula is C17H17ClN6OS. The third-order valence-corrected chi connectivity index (χ3v) is 5.61. The van der Waals surface area contributed by atoms with Gasteiger partial charge in [-0.05, 0) is 34.7 Å². The molecule has 1 saturated heterocycles. The lowest BCUT2D eigenvalue weighted by molar-refractivity contribution is 0.0629. The smallest absolute Gasteiger partial charge is 0.256 e. The van der Waals surface area contributed by atoms with E-state index in [0.29, 0.717) is 24.3 Å². The summed E-state index contributed by atoms with van der Waals surface area (Å²) < 4.78 is 2.33. The van der Waals surface area contributed by atoms with Crippen molar-refractivity contribution >= 4 is 28.8 Å². The number of rotatable bonds is 4. The Morgan fingerprint density at radius 2 is 1.92 bits per heavy atom. The van der Waals surface area contributed by atoms with Gasteiger partial charge in [0.25, 0.3) is 5.91 Å². The lowest BCUT2D eigenvalue weighted by Crippen LogP contribution is -2.48. The van der Waals surface area contributed by atoms with Crippen molar-refractivity contribution in [2.24, 2.45) is 0 Å². The fraction of sp³-hybridized carbons (Fsp3) is 0.294. The lowest BCUT2D eigenvalue weighted by atomic mass is 10.1. The predicted octanol–water partition coefficient (Wildman–Crippen LogP) is 2.34. The first-order valence-corrected chi connectivity index (χ1v) is 9.48. The molecule has 26 heavy (non-hydrogen) atoms. The summed E-state index contributed by atoms with van der Waals surface area (Å²) in [6.07, 6.45) is 1.50. The van der Waals surface area contributed by atoms with Crippen LogP contribution in [0.2, 0.25) is 4.34 Å². The van der Waals surface area contributed by atoms with Crippen LogP contribution in [0, 0.1) is 0 Å². The van der Waals surface area contributed by atoms with Gasteiger partial charge in [0, 0.05) is 37.6 Å². The summed E-state index contributed by atoms with van der Waals surface area (Å²) >= 11 is 7.61. The Bertz CT molecular complexity index is 888. The fourth-order valence-electron chi connectivity index (χ4n) is 3.06. The minimum Gasteiger partial charge on any atom is -0.336 e. The van der Waals surface area contributed by atoms with Crippen LogP contribution in [0.1, 0.15) is 15.2 Å². The van der Waals surface area contributed by atoms with Crippen LogP contribution in [0.4, 0.5) is 0 Å². The van der Waals surface area contributed by atoms with Gasteiger partial charge in [0.15, 0.2) is 0 Å². The molecular weight excluding hydrogens is 372 g/mol. The average Bonchev–Trinajstić information content (AvgIpc) is 3.34. The number of hydrogen-bond donors (Lipinski definition) is 0. The van der Waals surface area contributed by atoms with Crippen LogP contribution in [0.5, 0.6) is 0 Å². The fourth-order valence-corrected chi connectivity index (χ4v) is 4.19. The Morgan fingerprint density at radius 3 is 2.62 bits per heavy atom. The second-order valence-corrected chi connectivity index (χ2v) is 7.85. The number of piperazine rings is 1. The van der Waals surface area contributed by atoms with Crippen molar-refractivity contribution < 1.29 is 4.79 Å². The van der Waals surface area contributed by atoms with Gasteiger partial charge in [0.1, 0.15) is 6.33 Å². The van der Waals surface area contributed by atoms with E-state index < -0.39 is 0 Å². The van der Waals surface area contributed by atoms with Crippen molar-refractivity contribution in [1.82, 2.24) is 30.0 Å². The van der Waals surface area contributed by atoms with Crippen LogP contribution in [0.3, 0.4) is 0 Å². The minimum atomic E-state index is 0.00918. The van der Waals surface area contributed by atoms with E-state index >= 15 is 0 Å². The first-order chi connectivity index (χ1) is 12.7. The molecule has 0 unspecified atom stereocenters. The molecule has 0 N–H and O–H groups in total. The van der Waals surface area contributed by atoms with Gasteiger partial charge in [-0.1, -0.05) is 23.7 Å². The highest BCUT2D eigenvalue weighted by molar-refractivity contribution is 7.16. The number of para-hydroxylation sites is 1. The van der Waals surface area contributed by atoms with Crippen LogP contribution >= 0.6 is 22.9 Å². The molecule has 7 nitrogen and oxygen atoms in total. The van der Waals surface area contributed by atoms with Crippen LogP contribution in [-0.2, 0) is 6.54 Å². The van der Waals surface area contributed by atoms with E-state index in [0.717, 1.165) is 24.0 Å². The summed E-state index contributed by atoms with van der Waals surface area (Å²) in [6.45, 7) is 3.95. The normalized spacial score (nSPS) is 15.3. The maximum Gasteiger partial charge on any atom is 0.256 e. The zero-order valence-corrected chi connectivity index (χ0v) is 15.5. The van der Waals surface area contributed by atoms with E-state index in [1.54, 1.807) is 11.3 Å². The van der Waals surface area contributed by atoms with Crippen molar-refractivity contribution in [1.29, 1.82) is 0 Å². The zero-order valence-electron chi connectivity index (χ0n) is 14.0. The molecule has 0 spiro atoms. The molecule has 9 heteroatoms. The topological polar surface area (TPSA) is 67.2 Å². The molecule has 134 valence electrons. The second kappa shape index (κ2) is 7.53. The maximum atomic E-state index is 13.0. The number of nitrogens with zero attached hydrogens (tertiary/aromatic N) is 6. The van der Waals surface area contributed by atoms with E-state index in [4.69, 9.17) is 11.6 Å². The molecule has 0 radical (unpaired) electrons. The number of thiophene rings is 1. The Kier molecular flexibility index (Phi) is 4.96. The zero-order chi connectivity index (χ0) is 17.9. The Hall–Kier alpha value is -2.29. The summed E-state index contributed by atoms with van der Waals surface area (Å²) in [4.78, 5) is 18.5. The van der Waals surface area contributed by atoms with E-state index in [1.165, 1.54) is 15.9 Å². The van der Waals surface area contributed by atoms with Gasteiger partial charge in [-0.25, -0.2) is 0 Å². The van der Waals surface area contributed by atoms with Crippen LogP contribution < -0.4 is 0 Å². The number of carbonyl (C=O) groups excluding carboxylic acids is 1. The van der Waals surface area contributed by atoms with Gasteiger partial charge >= 0.3 is 0 Å². The number of aromatic nitrogens is 4. The molecule has 3 heterocycles. The summed E-state index contributed by atoms with van der Waals surface area (Å²) in [7, 11) is 0. The Labute approximate surface area is 159 Å². The summed E-state index contributed by atoms with van der Waals surface area (Å²) in [5.41, 5.74) is 1.30. The SMILES string of the molecule is O=C(c1ccccc1-n1cnnn1)N1CCN(Cc2ccc(Cl)s2)CC1. The number of amides is 1. The number of carbonyl (C=O) groups is 1. The van der Waals surface area contributed by atoms with Gasteiger partial charge < -0.3 is 4.90 Å². The monoisotopic (exact) mass is 388 g/mol. The number of hydrogen-bond acceptors (Lipinski definition) is 6. The summed E-state index contributed by atoms with van der Waals surface area (Å²) in [6, 6.07) is 11.4. The third kappa shape index (κ3) is 3.62. The Morgan fingerprint density at radius 1 is 1.12 bits per heavy atom. The third-order valence-electron chi connectivity index (χ3n) is 4.40. The molecule has 4 rings (SSSR count). The van der Waals surface area contributed by atoms with Gasteiger partial charge in [-0.15, -0.1) is 16.4 Å². The molecule has 1 fully saturated rings. The van der Waals surface area contributed by atoms with Crippen molar-refractivity contribution in [2.45, 2.75) is 6.54 Å². The van der Waals surface area contributed by atoms with E-state index in [2.05, 4.69) is 26.5 Å². The molecule has 0 atom stereocenters. The van der Waals surface area contributed by atoms with E-state index in [1.807, 2.05) is 35.2 Å². The largest absolute Gasteiger partial charge is 0.336 e. The number of halogens is 1. The van der Waals surface area contributed by atoms with E-state index in [-0.39, 0.29) is 5.91 Å².